The highest BCUT2D eigenvalue weighted by Gasteiger charge is 2.36. The first-order valence-electron chi connectivity index (χ1n) is 10.0. The molecule has 5 nitrogen and oxygen atoms in total. The molecule has 0 N–H and O–H groups in total. The number of hydrogen-bond donors (Lipinski definition) is 0. The van der Waals surface area contributed by atoms with Gasteiger partial charge >= 0.3 is 0 Å². The Morgan fingerprint density at radius 1 is 0.767 bits per heavy atom. The van der Waals surface area contributed by atoms with Gasteiger partial charge in [-0.05, 0) is 47.4 Å². The molecule has 0 fully saturated rings. The second kappa shape index (κ2) is 7.26. The predicted molar refractivity (Wildman–Crippen MR) is 113 cm³/mol. The van der Waals surface area contributed by atoms with Gasteiger partial charge in [0.25, 0.3) is 11.8 Å². The molecule has 0 unspecified atom stereocenters. The first-order valence-corrected chi connectivity index (χ1v) is 10.0. The summed E-state index contributed by atoms with van der Waals surface area (Å²) in [6.07, 6.45) is 1.17. The van der Waals surface area contributed by atoms with E-state index in [1.165, 1.54) is 16.0 Å². The number of hydrogen-bond acceptors (Lipinski definition) is 3. The van der Waals surface area contributed by atoms with Gasteiger partial charge in [-0.3, -0.25) is 14.4 Å². The van der Waals surface area contributed by atoms with Crippen LogP contribution in [0.15, 0.2) is 72.8 Å². The van der Waals surface area contributed by atoms with Crippen LogP contribution in [0.1, 0.15) is 37.4 Å². The van der Waals surface area contributed by atoms with E-state index in [1.54, 1.807) is 36.4 Å². The maximum atomic E-state index is 12.8. The van der Waals surface area contributed by atoms with E-state index in [1.807, 2.05) is 29.2 Å². The van der Waals surface area contributed by atoms with Crippen LogP contribution in [0.5, 0.6) is 0 Å². The minimum absolute atomic E-state index is 0.0815. The van der Waals surface area contributed by atoms with Gasteiger partial charge in [0, 0.05) is 13.1 Å². The number of nitrogens with zero attached hydrogens (tertiary/aromatic N) is 2. The van der Waals surface area contributed by atoms with Crippen molar-refractivity contribution in [3.05, 3.63) is 101 Å². The third-order valence-electron chi connectivity index (χ3n) is 5.83. The monoisotopic (exact) mass is 396 g/mol. The highest BCUT2D eigenvalue weighted by Crippen LogP contribution is 2.28. The van der Waals surface area contributed by atoms with Crippen molar-refractivity contribution in [3.8, 4) is 0 Å². The lowest BCUT2D eigenvalue weighted by Gasteiger charge is -2.29. The van der Waals surface area contributed by atoms with E-state index >= 15 is 0 Å². The van der Waals surface area contributed by atoms with Crippen molar-refractivity contribution in [1.29, 1.82) is 0 Å². The molecule has 5 heteroatoms. The number of imide groups is 1. The molecule has 2 heterocycles. The lowest BCUT2D eigenvalue weighted by atomic mass is 9.99. The number of amides is 3. The average Bonchev–Trinajstić information content (AvgIpc) is 3.04. The molecule has 0 spiro atoms. The molecule has 3 aromatic carbocycles. The zero-order valence-corrected chi connectivity index (χ0v) is 16.4. The Balaban J connectivity index is 1.29. The second-order valence-electron chi connectivity index (χ2n) is 7.67. The van der Waals surface area contributed by atoms with Gasteiger partial charge in [-0.1, -0.05) is 48.5 Å². The van der Waals surface area contributed by atoms with Gasteiger partial charge in [-0.15, -0.1) is 0 Å². The van der Waals surface area contributed by atoms with Gasteiger partial charge in [-0.2, -0.15) is 0 Å². The standard InChI is InChI=1S/C25H20N2O3/c28-23(26-14-13-18-5-1-2-6-19(18)16-26)15-17-9-11-20(12-10-17)27-24(29)21-7-3-4-8-22(21)25(27)30/h1-12H,13-16H2. The number of anilines is 1. The minimum Gasteiger partial charge on any atom is -0.338 e. The molecule has 2 aliphatic heterocycles. The summed E-state index contributed by atoms with van der Waals surface area (Å²) in [6, 6.07) is 22.2. The van der Waals surface area contributed by atoms with Crippen molar-refractivity contribution in [2.45, 2.75) is 19.4 Å². The fraction of sp³-hybridized carbons (Fsp3) is 0.160. The topological polar surface area (TPSA) is 57.7 Å². The predicted octanol–water partition coefficient (Wildman–Crippen LogP) is 3.61. The molecule has 3 amide bonds. The third-order valence-corrected chi connectivity index (χ3v) is 5.83. The number of benzene rings is 3. The molecule has 3 aromatic rings. The Morgan fingerprint density at radius 3 is 2.03 bits per heavy atom. The van der Waals surface area contributed by atoms with E-state index in [9.17, 15) is 14.4 Å². The molecule has 2 aliphatic rings. The SMILES string of the molecule is O=C(Cc1ccc(N2C(=O)c3ccccc3C2=O)cc1)N1CCc2ccccc2C1. The quantitative estimate of drug-likeness (QED) is 0.636. The minimum atomic E-state index is -0.314. The second-order valence-corrected chi connectivity index (χ2v) is 7.67. The number of carbonyl (C=O) groups excluding carboxylic acids is 3. The molecule has 0 atom stereocenters. The van der Waals surface area contributed by atoms with Crippen LogP contribution in [0, 0.1) is 0 Å². The van der Waals surface area contributed by atoms with Gasteiger partial charge in [0.05, 0.1) is 23.2 Å². The van der Waals surface area contributed by atoms with E-state index in [2.05, 4.69) is 12.1 Å². The third kappa shape index (κ3) is 3.08. The largest absolute Gasteiger partial charge is 0.338 e. The molecule has 0 saturated heterocycles. The Bertz CT molecular complexity index is 1130. The summed E-state index contributed by atoms with van der Waals surface area (Å²) >= 11 is 0. The molecule has 0 aromatic heterocycles. The number of rotatable bonds is 3. The maximum absolute atomic E-state index is 12.8. The van der Waals surface area contributed by atoms with E-state index in [0.29, 0.717) is 29.8 Å². The van der Waals surface area contributed by atoms with Gasteiger partial charge < -0.3 is 4.90 Å². The smallest absolute Gasteiger partial charge is 0.266 e. The van der Waals surface area contributed by atoms with Gasteiger partial charge in [-0.25, -0.2) is 4.90 Å². The molecular formula is C25H20N2O3. The summed E-state index contributed by atoms with van der Waals surface area (Å²) in [5.41, 5.74) is 4.74. The molecule has 0 bridgehead atoms. The van der Waals surface area contributed by atoms with E-state index in [0.717, 1.165) is 18.5 Å². The number of carbonyl (C=O) groups is 3. The fourth-order valence-electron chi connectivity index (χ4n) is 4.18. The molecule has 148 valence electrons. The molecule has 30 heavy (non-hydrogen) atoms. The molecule has 0 radical (unpaired) electrons. The van der Waals surface area contributed by atoms with Crippen LogP contribution in [-0.4, -0.2) is 29.2 Å². The van der Waals surface area contributed by atoms with Crippen molar-refractivity contribution in [3.63, 3.8) is 0 Å². The van der Waals surface area contributed by atoms with Crippen LogP contribution in [0.4, 0.5) is 5.69 Å². The maximum Gasteiger partial charge on any atom is 0.266 e. The van der Waals surface area contributed by atoms with Gasteiger partial charge in [0.2, 0.25) is 5.91 Å². The Morgan fingerprint density at radius 2 is 1.37 bits per heavy atom. The highest BCUT2D eigenvalue weighted by atomic mass is 16.2. The zero-order valence-electron chi connectivity index (χ0n) is 16.4. The van der Waals surface area contributed by atoms with Crippen molar-refractivity contribution in [2.75, 3.05) is 11.4 Å². The molecule has 0 saturated carbocycles. The normalized spacial score (nSPS) is 15.2. The van der Waals surface area contributed by atoms with Crippen molar-refractivity contribution in [2.24, 2.45) is 0 Å². The first-order chi connectivity index (χ1) is 14.6. The Kier molecular flexibility index (Phi) is 4.43. The summed E-state index contributed by atoms with van der Waals surface area (Å²) in [4.78, 5) is 41.1. The summed E-state index contributed by atoms with van der Waals surface area (Å²) < 4.78 is 0. The average molecular weight is 396 g/mol. The van der Waals surface area contributed by atoms with E-state index in [4.69, 9.17) is 0 Å². The zero-order chi connectivity index (χ0) is 20.7. The van der Waals surface area contributed by atoms with Crippen LogP contribution in [-0.2, 0) is 24.2 Å². The van der Waals surface area contributed by atoms with Crippen molar-refractivity contribution < 1.29 is 14.4 Å². The first kappa shape index (κ1) is 18.3. The summed E-state index contributed by atoms with van der Waals surface area (Å²) in [5, 5.41) is 0. The summed E-state index contributed by atoms with van der Waals surface area (Å²) in [5.74, 6) is -0.546. The Labute approximate surface area is 174 Å². The summed E-state index contributed by atoms with van der Waals surface area (Å²) in [6.45, 7) is 1.37. The van der Waals surface area contributed by atoms with Crippen LogP contribution in [0.3, 0.4) is 0 Å². The van der Waals surface area contributed by atoms with Crippen LogP contribution in [0.25, 0.3) is 0 Å². The number of fused-ring (bicyclic) bond motifs is 2. The van der Waals surface area contributed by atoms with E-state index < -0.39 is 0 Å². The van der Waals surface area contributed by atoms with Crippen molar-refractivity contribution >= 4 is 23.4 Å². The fourth-order valence-corrected chi connectivity index (χ4v) is 4.18. The molecular weight excluding hydrogens is 376 g/mol. The molecule has 5 rings (SSSR count). The lowest BCUT2D eigenvalue weighted by molar-refractivity contribution is -0.131. The van der Waals surface area contributed by atoms with Crippen molar-refractivity contribution in [1.82, 2.24) is 4.90 Å². The van der Waals surface area contributed by atoms with Crippen LogP contribution >= 0.6 is 0 Å². The van der Waals surface area contributed by atoms with Gasteiger partial charge in [0.15, 0.2) is 0 Å². The van der Waals surface area contributed by atoms with E-state index in [-0.39, 0.29) is 17.7 Å². The molecule has 0 aliphatic carbocycles. The van der Waals surface area contributed by atoms with Crippen LogP contribution in [0.2, 0.25) is 0 Å². The summed E-state index contributed by atoms with van der Waals surface area (Å²) in [7, 11) is 0. The van der Waals surface area contributed by atoms with Gasteiger partial charge in [0.1, 0.15) is 0 Å². The highest BCUT2D eigenvalue weighted by molar-refractivity contribution is 6.34. The lowest BCUT2D eigenvalue weighted by Crippen LogP contribution is -2.36. The Hall–Kier alpha value is -3.73. The van der Waals surface area contributed by atoms with Crippen LogP contribution < -0.4 is 4.90 Å².